The number of hydrogen-bond donors (Lipinski definition) is 1. The topological polar surface area (TPSA) is 52.7 Å². The zero-order chi connectivity index (χ0) is 14.0. The lowest BCUT2D eigenvalue weighted by atomic mass is 9.96. The quantitative estimate of drug-likeness (QED) is 0.839. The first-order chi connectivity index (χ1) is 8.95. The molecular weight excluding hydrogens is 262 g/mol. The van der Waals surface area contributed by atoms with Gasteiger partial charge in [0.2, 0.25) is 0 Å². The van der Waals surface area contributed by atoms with Gasteiger partial charge in [-0.15, -0.1) is 0 Å². The summed E-state index contributed by atoms with van der Waals surface area (Å²) in [7, 11) is -1.29. The van der Waals surface area contributed by atoms with Gasteiger partial charge in [0.1, 0.15) is 0 Å². The molecule has 3 unspecified atom stereocenters. The molecular formula is C13H27N3O2S. The molecule has 0 aromatic heterocycles. The van der Waals surface area contributed by atoms with Gasteiger partial charge in [-0.2, -0.15) is 17.0 Å². The van der Waals surface area contributed by atoms with Crippen molar-refractivity contribution >= 4 is 10.2 Å². The largest absolute Gasteiger partial charge is 0.317 e. The molecule has 3 atom stereocenters. The number of hydrogen-bond acceptors (Lipinski definition) is 3. The zero-order valence-electron chi connectivity index (χ0n) is 12.3. The third-order valence-electron chi connectivity index (χ3n) is 4.51. The van der Waals surface area contributed by atoms with Crippen molar-refractivity contribution < 1.29 is 8.42 Å². The Balaban J connectivity index is 2.04. The fourth-order valence-electron chi connectivity index (χ4n) is 3.26. The third-order valence-corrected chi connectivity index (χ3v) is 6.48. The van der Waals surface area contributed by atoms with E-state index in [9.17, 15) is 8.42 Å². The number of nitrogens with zero attached hydrogens (tertiary/aromatic N) is 2. The summed E-state index contributed by atoms with van der Waals surface area (Å²) in [4.78, 5) is 0. The smallest absolute Gasteiger partial charge is 0.281 e. The maximum absolute atomic E-state index is 12.7. The fraction of sp³-hybridized carbons (Fsp3) is 1.00. The Labute approximate surface area is 117 Å². The van der Waals surface area contributed by atoms with Gasteiger partial charge in [0.25, 0.3) is 10.2 Å². The van der Waals surface area contributed by atoms with Gasteiger partial charge in [0.15, 0.2) is 0 Å². The van der Waals surface area contributed by atoms with E-state index < -0.39 is 10.2 Å². The second-order valence-corrected chi connectivity index (χ2v) is 8.06. The van der Waals surface area contributed by atoms with Gasteiger partial charge >= 0.3 is 0 Å². The Kier molecular flexibility index (Phi) is 4.87. The van der Waals surface area contributed by atoms with Gasteiger partial charge in [0.05, 0.1) is 0 Å². The van der Waals surface area contributed by atoms with E-state index in [1.807, 2.05) is 7.05 Å². The van der Waals surface area contributed by atoms with Gasteiger partial charge < -0.3 is 5.32 Å². The zero-order valence-corrected chi connectivity index (χ0v) is 13.1. The summed E-state index contributed by atoms with van der Waals surface area (Å²) in [5.74, 6) is 0.853. The van der Waals surface area contributed by atoms with Crippen LogP contribution in [0.3, 0.4) is 0 Å². The summed E-state index contributed by atoms with van der Waals surface area (Å²) in [6, 6.07) is 0.437. The van der Waals surface area contributed by atoms with E-state index in [1.54, 1.807) is 8.61 Å². The minimum Gasteiger partial charge on any atom is -0.317 e. The SMILES string of the molecule is CNC1CCN(S(=O)(=O)N2CCCC(C)C2)CC1C. The summed E-state index contributed by atoms with van der Waals surface area (Å²) in [6.45, 7) is 6.91. The van der Waals surface area contributed by atoms with Gasteiger partial charge in [-0.3, -0.25) is 0 Å². The highest BCUT2D eigenvalue weighted by Gasteiger charge is 2.36. The fourth-order valence-corrected chi connectivity index (χ4v) is 5.15. The Morgan fingerprint density at radius 1 is 1.05 bits per heavy atom. The molecule has 0 aliphatic carbocycles. The molecule has 2 aliphatic heterocycles. The normalized spacial score (nSPS) is 35.4. The van der Waals surface area contributed by atoms with Crippen LogP contribution in [-0.2, 0) is 10.2 Å². The first-order valence-corrected chi connectivity index (χ1v) is 8.77. The van der Waals surface area contributed by atoms with Crippen LogP contribution in [0.4, 0.5) is 0 Å². The summed E-state index contributed by atoms with van der Waals surface area (Å²) in [6.07, 6.45) is 3.04. The maximum atomic E-state index is 12.7. The molecule has 0 saturated carbocycles. The van der Waals surface area contributed by atoms with Crippen molar-refractivity contribution in [2.45, 2.75) is 39.2 Å². The molecule has 6 heteroatoms. The van der Waals surface area contributed by atoms with Crippen molar-refractivity contribution in [1.82, 2.24) is 13.9 Å². The van der Waals surface area contributed by atoms with E-state index in [0.29, 0.717) is 44.1 Å². The van der Waals surface area contributed by atoms with E-state index >= 15 is 0 Å². The maximum Gasteiger partial charge on any atom is 0.281 e. The van der Waals surface area contributed by atoms with Crippen LogP contribution < -0.4 is 5.32 Å². The number of nitrogens with one attached hydrogen (secondary N) is 1. The van der Waals surface area contributed by atoms with Gasteiger partial charge in [-0.25, -0.2) is 0 Å². The molecule has 112 valence electrons. The number of rotatable bonds is 3. The summed E-state index contributed by atoms with van der Waals surface area (Å²) >= 11 is 0. The lowest BCUT2D eigenvalue weighted by Gasteiger charge is -2.40. The minimum atomic E-state index is -3.24. The van der Waals surface area contributed by atoms with Gasteiger partial charge in [-0.05, 0) is 38.1 Å². The highest BCUT2D eigenvalue weighted by atomic mass is 32.2. The van der Waals surface area contributed by atoms with E-state index in [-0.39, 0.29) is 0 Å². The third kappa shape index (κ3) is 3.29. The van der Waals surface area contributed by atoms with Crippen LogP contribution in [0.5, 0.6) is 0 Å². The van der Waals surface area contributed by atoms with Crippen molar-refractivity contribution in [3.05, 3.63) is 0 Å². The van der Waals surface area contributed by atoms with Gasteiger partial charge in [-0.1, -0.05) is 13.8 Å². The second-order valence-electron chi connectivity index (χ2n) is 6.13. The summed E-state index contributed by atoms with van der Waals surface area (Å²) < 4.78 is 28.7. The lowest BCUT2D eigenvalue weighted by molar-refractivity contribution is 0.202. The Bertz CT molecular complexity index is 399. The molecule has 0 amide bonds. The summed E-state index contributed by atoms with van der Waals surface area (Å²) in [5, 5.41) is 3.28. The van der Waals surface area contributed by atoms with E-state index in [0.717, 1.165) is 19.3 Å². The average molecular weight is 289 g/mol. The number of piperidine rings is 2. The second kappa shape index (κ2) is 6.08. The molecule has 0 aromatic carbocycles. The van der Waals surface area contributed by atoms with E-state index in [4.69, 9.17) is 0 Å². The highest BCUT2D eigenvalue weighted by molar-refractivity contribution is 7.86. The molecule has 2 saturated heterocycles. The first kappa shape index (κ1) is 15.2. The standard InChI is InChI=1S/C13H27N3O2S/c1-11-5-4-7-15(9-11)19(17,18)16-8-6-13(14-3)12(2)10-16/h11-14H,4-10H2,1-3H3. The molecule has 5 nitrogen and oxygen atoms in total. The van der Waals surface area contributed by atoms with Crippen LogP contribution in [0.1, 0.15) is 33.1 Å². The predicted octanol–water partition coefficient (Wildman–Crippen LogP) is 0.893. The van der Waals surface area contributed by atoms with Crippen LogP contribution in [0.2, 0.25) is 0 Å². The van der Waals surface area contributed by atoms with E-state index in [2.05, 4.69) is 19.2 Å². The van der Waals surface area contributed by atoms with E-state index in [1.165, 1.54) is 0 Å². The Morgan fingerprint density at radius 3 is 2.32 bits per heavy atom. The van der Waals surface area contributed by atoms with Gasteiger partial charge in [0, 0.05) is 32.2 Å². The molecule has 2 fully saturated rings. The van der Waals surface area contributed by atoms with Crippen molar-refractivity contribution in [2.24, 2.45) is 11.8 Å². The monoisotopic (exact) mass is 289 g/mol. The Hall–Kier alpha value is -0.170. The van der Waals surface area contributed by atoms with Crippen molar-refractivity contribution in [3.8, 4) is 0 Å². The first-order valence-electron chi connectivity index (χ1n) is 7.37. The molecule has 0 spiro atoms. The van der Waals surface area contributed by atoms with Crippen molar-refractivity contribution in [2.75, 3.05) is 33.2 Å². The highest BCUT2D eigenvalue weighted by Crippen LogP contribution is 2.25. The lowest BCUT2D eigenvalue weighted by Crippen LogP contribution is -2.54. The molecule has 2 aliphatic rings. The Morgan fingerprint density at radius 2 is 1.74 bits per heavy atom. The van der Waals surface area contributed by atoms with Crippen molar-refractivity contribution in [3.63, 3.8) is 0 Å². The molecule has 1 N–H and O–H groups in total. The molecule has 0 bridgehead atoms. The molecule has 19 heavy (non-hydrogen) atoms. The van der Waals surface area contributed by atoms with Crippen LogP contribution in [0, 0.1) is 11.8 Å². The minimum absolute atomic E-state index is 0.371. The average Bonchev–Trinajstić information content (AvgIpc) is 2.38. The van der Waals surface area contributed by atoms with Crippen LogP contribution >= 0.6 is 0 Å². The molecule has 0 aromatic rings. The summed E-state index contributed by atoms with van der Waals surface area (Å²) in [5.41, 5.74) is 0. The van der Waals surface area contributed by atoms with Crippen LogP contribution in [-0.4, -0.2) is 56.3 Å². The molecule has 2 rings (SSSR count). The van der Waals surface area contributed by atoms with Crippen LogP contribution in [0.25, 0.3) is 0 Å². The predicted molar refractivity (Wildman–Crippen MR) is 77.1 cm³/mol. The van der Waals surface area contributed by atoms with Crippen molar-refractivity contribution in [1.29, 1.82) is 0 Å². The van der Waals surface area contributed by atoms with Crippen LogP contribution in [0.15, 0.2) is 0 Å². The molecule has 2 heterocycles. The molecule has 0 radical (unpaired) electrons.